The molecule has 0 fully saturated rings. The molecule has 98 valence electrons. The summed E-state index contributed by atoms with van der Waals surface area (Å²) in [5.74, 6) is -1.26. The number of Topliss-reactive ketones (excluding diaryl/α,β-unsaturated/α-hetero) is 1. The van der Waals surface area contributed by atoms with E-state index in [1.807, 2.05) is 0 Å². The summed E-state index contributed by atoms with van der Waals surface area (Å²) in [5.41, 5.74) is 0.470. The zero-order valence-corrected chi connectivity index (χ0v) is 10.2. The molecule has 0 amide bonds. The minimum Gasteiger partial charge on any atom is -0.495 e. The standard InChI is InChI=1S/C14H11F2NO2/c1-19-12-4-10(7-17-8-12)14(18)5-9-2-3-11(15)6-13(9)16/h2-4,6-8H,5H2,1H3. The molecule has 5 heteroatoms. The van der Waals surface area contributed by atoms with Crippen LogP contribution in [0.3, 0.4) is 0 Å². The van der Waals surface area contributed by atoms with Gasteiger partial charge in [-0.25, -0.2) is 8.78 Å². The number of pyridine rings is 1. The van der Waals surface area contributed by atoms with Crippen molar-refractivity contribution in [3.8, 4) is 5.75 Å². The van der Waals surface area contributed by atoms with Gasteiger partial charge in [0.1, 0.15) is 17.4 Å². The first kappa shape index (κ1) is 13.1. The number of hydrogen-bond acceptors (Lipinski definition) is 3. The fourth-order valence-electron chi connectivity index (χ4n) is 1.62. The Labute approximate surface area is 108 Å². The van der Waals surface area contributed by atoms with Gasteiger partial charge in [-0.15, -0.1) is 0 Å². The lowest BCUT2D eigenvalue weighted by atomic mass is 10.0. The lowest BCUT2D eigenvalue weighted by molar-refractivity contribution is 0.0991. The van der Waals surface area contributed by atoms with Crippen molar-refractivity contribution >= 4 is 5.78 Å². The van der Waals surface area contributed by atoms with Crippen LogP contribution >= 0.6 is 0 Å². The van der Waals surface area contributed by atoms with Crippen molar-refractivity contribution in [1.29, 1.82) is 0 Å². The third kappa shape index (κ3) is 3.13. The highest BCUT2D eigenvalue weighted by Crippen LogP contribution is 2.15. The average Bonchev–Trinajstić information content (AvgIpc) is 2.42. The van der Waals surface area contributed by atoms with E-state index in [9.17, 15) is 13.6 Å². The van der Waals surface area contributed by atoms with Gasteiger partial charge in [0, 0.05) is 24.2 Å². The van der Waals surface area contributed by atoms with Gasteiger partial charge in [0.05, 0.1) is 13.3 Å². The van der Waals surface area contributed by atoms with E-state index in [-0.39, 0.29) is 17.8 Å². The Morgan fingerprint density at radius 1 is 1.26 bits per heavy atom. The molecule has 0 unspecified atom stereocenters. The van der Waals surface area contributed by atoms with Gasteiger partial charge in [-0.05, 0) is 17.7 Å². The van der Waals surface area contributed by atoms with E-state index in [0.717, 1.165) is 12.1 Å². The van der Waals surface area contributed by atoms with Gasteiger partial charge in [0.2, 0.25) is 0 Å². The molecule has 0 aliphatic heterocycles. The van der Waals surface area contributed by atoms with Gasteiger partial charge in [-0.2, -0.15) is 0 Å². The van der Waals surface area contributed by atoms with Crippen LogP contribution in [0.25, 0.3) is 0 Å². The summed E-state index contributed by atoms with van der Waals surface area (Å²) >= 11 is 0. The molecule has 0 aliphatic carbocycles. The highest BCUT2D eigenvalue weighted by molar-refractivity contribution is 5.97. The van der Waals surface area contributed by atoms with E-state index in [4.69, 9.17) is 4.74 Å². The molecular formula is C14H11F2NO2. The molecule has 0 spiro atoms. The molecule has 2 aromatic rings. The number of aromatic nitrogens is 1. The second-order valence-corrected chi connectivity index (χ2v) is 3.95. The van der Waals surface area contributed by atoms with Crippen LogP contribution in [0.1, 0.15) is 15.9 Å². The number of carbonyl (C=O) groups excluding carboxylic acids is 1. The van der Waals surface area contributed by atoms with E-state index in [1.165, 1.54) is 31.6 Å². The number of ketones is 1. The summed E-state index contributed by atoms with van der Waals surface area (Å²) in [6.45, 7) is 0. The lowest BCUT2D eigenvalue weighted by Crippen LogP contribution is -2.06. The van der Waals surface area contributed by atoms with Crippen molar-refractivity contribution < 1.29 is 18.3 Å². The lowest BCUT2D eigenvalue weighted by Gasteiger charge is -2.04. The van der Waals surface area contributed by atoms with Crippen LogP contribution in [0.15, 0.2) is 36.7 Å². The molecule has 2 rings (SSSR count). The Balaban J connectivity index is 2.20. The molecule has 0 saturated heterocycles. The maximum Gasteiger partial charge on any atom is 0.169 e. The molecule has 1 aromatic carbocycles. The molecule has 19 heavy (non-hydrogen) atoms. The second-order valence-electron chi connectivity index (χ2n) is 3.95. The number of ether oxygens (including phenoxy) is 1. The van der Waals surface area contributed by atoms with Crippen molar-refractivity contribution in [2.45, 2.75) is 6.42 Å². The summed E-state index contributed by atoms with van der Waals surface area (Å²) < 4.78 is 31.2. The summed E-state index contributed by atoms with van der Waals surface area (Å²) in [5, 5.41) is 0. The minimum atomic E-state index is -0.732. The molecule has 1 aromatic heterocycles. The van der Waals surface area contributed by atoms with Gasteiger partial charge in [0.15, 0.2) is 5.78 Å². The molecule has 0 aliphatic rings. The Kier molecular flexibility index (Phi) is 3.85. The van der Waals surface area contributed by atoms with Gasteiger partial charge in [-0.3, -0.25) is 9.78 Å². The largest absolute Gasteiger partial charge is 0.495 e. The Hall–Kier alpha value is -2.30. The van der Waals surface area contributed by atoms with Crippen LogP contribution in [0, 0.1) is 11.6 Å². The molecule has 0 radical (unpaired) electrons. The van der Waals surface area contributed by atoms with E-state index in [2.05, 4.69) is 4.98 Å². The Morgan fingerprint density at radius 2 is 2.05 bits per heavy atom. The van der Waals surface area contributed by atoms with Crippen LogP contribution in [0.2, 0.25) is 0 Å². The van der Waals surface area contributed by atoms with Crippen LogP contribution < -0.4 is 4.74 Å². The van der Waals surface area contributed by atoms with Crippen molar-refractivity contribution in [3.63, 3.8) is 0 Å². The molecule has 0 saturated carbocycles. The maximum atomic E-state index is 13.4. The predicted octanol–water partition coefficient (Wildman–Crippen LogP) is 2.79. The van der Waals surface area contributed by atoms with Gasteiger partial charge >= 0.3 is 0 Å². The first-order valence-corrected chi connectivity index (χ1v) is 5.56. The first-order chi connectivity index (χ1) is 9.10. The molecule has 0 bridgehead atoms. The molecule has 0 atom stereocenters. The molecule has 0 N–H and O–H groups in total. The highest BCUT2D eigenvalue weighted by atomic mass is 19.1. The average molecular weight is 263 g/mol. The van der Waals surface area contributed by atoms with Gasteiger partial charge in [0.25, 0.3) is 0 Å². The van der Waals surface area contributed by atoms with E-state index < -0.39 is 11.6 Å². The summed E-state index contributed by atoms with van der Waals surface area (Å²) in [6.07, 6.45) is 2.70. The SMILES string of the molecule is COc1cncc(C(=O)Cc2ccc(F)cc2F)c1. The van der Waals surface area contributed by atoms with Crippen LogP contribution in [-0.4, -0.2) is 17.9 Å². The topological polar surface area (TPSA) is 39.2 Å². The number of nitrogens with zero attached hydrogens (tertiary/aromatic N) is 1. The van der Waals surface area contributed by atoms with Gasteiger partial charge in [-0.1, -0.05) is 6.07 Å². The summed E-state index contributed by atoms with van der Waals surface area (Å²) in [4.78, 5) is 15.8. The number of benzene rings is 1. The normalized spacial score (nSPS) is 10.3. The molecule has 3 nitrogen and oxygen atoms in total. The van der Waals surface area contributed by atoms with Crippen molar-refractivity contribution in [3.05, 3.63) is 59.4 Å². The van der Waals surface area contributed by atoms with Crippen LogP contribution in [0.4, 0.5) is 8.78 Å². The molecular weight excluding hydrogens is 252 g/mol. The van der Waals surface area contributed by atoms with Crippen LogP contribution in [-0.2, 0) is 6.42 Å². The van der Waals surface area contributed by atoms with E-state index >= 15 is 0 Å². The number of carbonyl (C=O) groups is 1. The Morgan fingerprint density at radius 3 is 2.74 bits per heavy atom. The Bertz CT molecular complexity index is 614. The number of hydrogen-bond donors (Lipinski definition) is 0. The quantitative estimate of drug-likeness (QED) is 0.796. The fraction of sp³-hybridized carbons (Fsp3) is 0.143. The third-order valence-corrected chi connectivity index (χ3v) is 2.64. The van der Waals surface area contributed by atoms with Crippen LogP contribution in [0.5, 0.6) is 5.75 Å². The third-order valence-electron chi connectivity index (χ3n) is 2.64. The number of rotatable bonds is 4. The predicted molar refractivity (Wildman–Crippen MR) is 65.2 cm³/mol. The zero-order chi connectivity index (χ0) is 13.8. The first-order valence-electron chi connectivity index (χ1n) is 5.56. The second kappa shape index (κ2) is 5.56. The van der Waals surface area contributed by atoms with Gasteiger partial charge < -0.3 is 4.74 Å². The van der Waals surface area contributed by atoms with Crippen molar-refractivity contribution in [2.75, 3.05) is 7.11 Å². The molecule has 1 heterocycles. The smallest absolute Gasteiger partial charge is 0.169 e. The highest BCUT2D eigenvalue weighted by Gasteiger charge is 2.12. The fourth-order valence-corrected chi connectivity index (χ4v) is 1.62. The van der Waals surface area contributed by atoms with E-state index in [1.54, 1.807) is 0 Å². The maximum absolute atomic E-state index is 13.4. The zero-order valence-electron chi connectivity index (χ0n) is 10.2. The summed E-state index contributed by atoms with van der Waals surface area (Å²) in [7, 11) is 1.46. The van der Waals surface area contributed by atoms with Crippen molar-refractivity contribution in [1.82, 2.24) is 4.98 Å². The monoisotopic (exact) mass is 263 g/mol. The minimum absolute atomic E-state index is 0.147. The number of halogens is 2. The summed E-state index contributed by atoms with van der Waals surface area (Å²) in [6, 6.07) is 4.66. The van der Waals surface area contributed by atoms with Crippen molar-refractivity contribution in [2.24, 2.45) is 0 Å². The van der Waals surface area contributed by atoms with E-state index in [0.29, 0.717) is 11.3 Å². The number of methoxy groups -OCH3 is 1.